The number of carbonyl (C=O) groups excluding carboxylic acids is 1. The summed E-state index contributed by atoms with van der Waals surface area (Å²) in [5.41, 5.74) is 0. The monoisotopic (exact) mass is 309 g/mol. The predicted molar refractivity (Wildman–Crippen MR) is 81.3 cm³/mol. The zero-order chi connectivity index (χ0) is 15.5. The van der Waals surface area contributed by atoms with Crippen molar-refractivity contribution in [3.8, 4) is 0 Å². The van der Waals surface area contributed by atoms with Gasteiger partial charge < -0.3 is 14.7 Å². The van der Waals surface area contributed by atoms with Gasteiger partial charge in [-0.05, 0) is 56.3 Å². The van der Waals surface area contributed by atoms with E-state index in [0.717, 1.165) is 51.7 Å². The molecular formula is C17H27NO4. The second-order valence-electron chi connectivity index (χ2n) is 7.19. The van der Waals surface area contributed by atoms with E-state index in [9.17, 15) is 14.7 Å². The standard InChI is InChI=1S/C17H27NO4/c19-16(3-1-2-12-6-8-22-9-7-12)18-10-14(13-4-5-13)15(11-18)17(20)21/h12-15H,1-11H2,(H,20,21)/t14-,15+/m1/s1. The average molecular weight is 309 g/mol. The first-order chi connectivity index (χ1) is 10.6. The molecule has 1 amide bonds. The van der Waals surface area contributed by atoms with E-state index in [1.165, 1.54) is 0 Å². The summed E-state index contributed by atoms with van der Waals surface area (Å²) < 4.78 is 5.35. The van der Waals surface area contributed by atoms with Crippen LogP contribution in [0, 0.1) is 23.7 Å². The number of carbonyl (C=O) groups is 2. The third-order valence-electron chi connectivity index (χ3n) is 5.61. The fourth-order valence-electron chi connectivity index (χ4n) is 4.03. The van der Waals surface area contributed by atoms with Crippen molar-refractivity contribution in [3.05, 3.63) is 0 Å². The Balaban J connectivity index is 1.43. The zero-order valence-electron chi connectivity index (χ0n) is 13.2. The van der Waals surface area contributed by atoms with Crippen LogP contribution in [0.25, 0.3) is 0 Å². The van der Waals surface area contributed by atoms with E-state index in [1.54, 1.807) is 0 Å². The minimum Gasteiger partial charge on any atom is -0.481 e. The first kappa shape index (κ1) is 15.8. The maximum Gasteiger partial charge on any atom is 0.308 e. The van der Waals surface area contributed by atoms with E-state index in [0.29, 0.717) is 31.3 Å². The van der Waals surface area contributed by atoms with Crippen molar-refractivity contribution in [2.45, 2.75) is 44.9 Å². The summed E-state index contributed by atoms with van der Waals surface area (Å²) in [6.07, 6.45) is 7.09. The smallest absolute Gasteiger partial charge is 0.308 e. The second-order valence-corrected chi connectivity index (χ2v) is 7.19. The van der Waals surface area contributed by atoms with Gasteiger partial charge in [0.1, 0.15) is 0 Å². The van der Waals surface area contributed by atoms with Gasteiger partial charge in [0.15, 0.2) is 0 Å². The summed E-state index contributed by atoms with van der Waals surface area (Å²) in [6.45, 7) is 2.80. The summed E-state index contributed by atoms with van der Waals surface area (Å²) in [7, 11) is 0. The van der Waals surface area contributed by atoms with Gasteiger partial charge in [0.05, 0.1) is 5.92 Å². The third-order valence-corrected chi connectivity index (χ3v) is 5.61. The van der Waals surface area contributed by atoms with Crippen LogP contribution >= 0.6 is 0 Å². The van der Waals surface area contributed by atoms with E-state index >= 15 is 0 Å². The highest BCUT2D eigenvalue weighted by Crippen LogP contribution is 2.44. The molecule has 0 spiro atoms. The molecule has 1 saturated carbocycles. The Kier molecular flexibility index (Phi) is 5.01. The third kappa shape index (κ3) is 3.80. The van der Waals surface area contributed by atoms with E-state index in [2.05, 4.69) is 0 Å². The Morgan fingerprint density at radius 1 is 1.09 bits per heavy atom. The van der Waals surface area contributed by atoms with Crippen LogP contribution in [-0.4, -0.2) is 48.2 Å². The van der Waals surface area contributed by atoms with Crippen LogP contribution in [0.2, 0.25) is 0 Å². The van der Waals surface area contributed by atoms with Crippen molar-refractivity contribution in [1.82, 2.24) is 4.90 Å². The minimum atomic E-state index is -0.727. The molecule has 2 aliphatic heterocycles. The molecule has 5 nitrogen and oxygen atoms in total. The number of likely N-dealkylation sites (tertiary alicyclic amines) is 1. The van der Waals surface area contributed by atoms with E-state index in [4.69, 9.17) is 4.74 Å². The Hall–Kier alpha value is -1.10. The Morgan fingerprint density at radius 2 is 1.82 bits per heavy atom. The van der Waals surface area contributed by atoms with Crippen LogP contribution in [0.15, 0.2) is 0 Å². The maximum absolute atomic E-state index is 12.4. The number of hydrogen-bond acceptors (Lipinski definition) is 3. The van der Waals surface area contributed by atoms with E-state index in [1.807, 2.05) is 4.90 Å². The summed E-state index contributed by atoms with van der Waals surface area (Å²) >= 11 is 0. The Morgan fingerprint density at radius 3 is 2.45 bits per heavy atom. The molecule has 0 aromatic rings. The lowest BCUT2D eigenvalue weighted by molar-refractivity contribution is -0.142. The molecule has 1 aliphatic carbocycles. The highest BCUT2D eigenvalue weighted by atomic mass is 16.5. The number of carboxylic acid groups (broad SMARTS) is 1. The summed E-state index contributed by atoms with van der Waals surface area (Å²) in [5, 5.41) is 9.36. The van der Waals surface area contributed by atoms with Gasteiger partial charge in [-0.3, -0.25) is 9.59 Å². The largest absolute Gasteiger partial charge is 0.481 e. The number of hydrogen-bond donors (Lipinski definition) is 1. The zero-order valence-corrected chi connectivity index (χ0v) is 13.2. The quantitative estimate of drug-likeness (QED) is 0.816. The Labute approximate surface area is 132 Å². The number of aliphatic carboxylic acids is 1. The van der Waals surface area contributed by atoms with Crippen molar-refractivity contribution >= 4 is 11.9 Å². The maximum atomic E-state index is 12.4. The van der Waals surface area contributed by atoms with Crippen LogP contribution < -0.4 is 0 Å². The van der Waals surface area contributed by atoms with Gasteiger partial charge in [-0.2, -0.15) is 0 Å². The molecule has 5 heteroatoms. The van der Waals surface area contributed by atoms with Crippen LogP contribution in [0.4, 0.5) is 0 Å². The SMILES string of the molecule is O=C(O)[C@H]1CN(C(=O)CCCC2CCOCC2)C[C@@H]1C1CC1. The molecule has 0 aromatic heterocycles. The van der Waals surface area contributed by atoms with Gasteiger partial charge in [-0.1, -0.05) is 0 Å². The lowest BCUT2D eigenvalue weighted by Gasteiger charge is -2.22. The highest BCUT2D eigenvalue weighted by molar-refractivity contribution is 5.79. The van der Waals surface area contributed by atoms with Gasteiger partial charge >= 0.3 is 5.97 Å². The van der Waals surface area contributed by atoms with Crippen LogP contribution in [-0.2, 0) is 14.3 Å². The number of nitrogens with zero attached hydrogens (tertiary/aromatic N) is 1. The number of amides is 1. The molecule has 2 atom stereocenters. The molecule has 3 rings (SSSR count). The van der Waals surface area contributed by atoms with Gasteiger partial charge in [-0.25, -0.2) is 0 Å². The minimum absolute atomic E-state index is 0.154. The van der Waals surface area contributed by atoms with Gasteiger partial charge in [0, 0.05) is 32.7 Å². The molecular weight excluding hydrogens is 282 g/mol. The van der Waals surface area contributed by atoms with Crippen molar-refractivity contribution in [2.75, 3.05) is 26.3 Å². The number of rotatable bonds is 6. The fraction of sp³-hybridized carbons (Fsp3) is 0.882. The van der Waals surface area contributed by atoms with Crippen molar-refractivity contribution in [3.63, 3.8) is 0 Å². The number of ether oxygens (including phenoxy) is 1. The summed E-state index contributed by atoms with van der Waals surface area (Å²) in [4.78, 5) is 25.5. The molecule has 2 heterocycles. The molecule has 22 heavy (non-hydrogen) atoms. The van der Waals surface area contributed by atoms with Gasteiger partial charge in [0.2, 0.25) is 5.91 Å². The first-order valence-corrected chi connectivity index (χ1v) is 8.73. The molecule has 124 valence electrons. The van der Waals surface area contributed by atoms with Crippen molar-refractivity contribution in [1.29, 1.82) is 0 Å². The topological polar surface area (TPSA) is 66.8 Å². The lowest BCUT2D eigenvalue weighted by Crippen LogP contribution is -2.29. The van der Waals surface area contributed by atoms with Crippen LogP contribution in [0.1, 0.15) is 44.9 Å². The molecule has 0 bridgehead atoms. The van der Waals surface area contributed by atoms with Crippen molar-refractivity contribution < 1.29 is 19.4 Å². The number of carboxylic acids is 1. The summed E-state index contributed by atoms with van der Waals surface area (Å²) in [6, 6.07) is 0. The average Bonchev–Trinajstić information content (AvgIpc) is 3.26. The lowest BCUT2D eigenvalue weighted by atomic mass is 9.92. The van der Waals surface area contributed by atoms with Gasteiger partial charge in [-0.15, -0.1) is 0 Å². The molecule has 2 saturated heterocycles. The predicted octanol–water partition coefficient (Wildman–Crippen LogP) is 2.15. The highest BCUT2D eigenvalue weighted by Gasteiger charge is 2.46. The second kappa shape index (κ2) is 6.99. The first-order valence-electron chi connectivity index (χ1n) is 8.73. The molecule has 3 fully saturated rings. The van der Waals surface area contributed by atoms with E-state index in [-0.39, 0.29) is 17.7 Å². The molecule has 3 aliphatic rings. The van der Waals surface area contributed by atoms with Crippen LogP contribution in [0.5, 0.6) is 0 Å². The Bertz CT molecular complexity index is 415. The molecule has 0 unspecified atom stereocenters. The van der Waals surface area contributed by atoms with E-state index < -0.39 is 5.97 Å². The fourth-order valence-corrected chi connectivity index (χ4v) is 4.03. The molecule has 1 N–H and O–H groups in total. The van der Waals surface area contributed by atoms with Gasteiger partial charge in [0.25, 0.3) is 0 Å². The van der Waals surface area contributed by atoms with Crippen molar-refractivity contribution in [2.24, 2.45) is 23.7 Å². The molecule has 0 aromatic carbocycles. The normalized spacial score (nSPS) is 29.7. The van der Waals surface area contributed by atoms with Crippen LogP contribution in [0.3, 0.4) is 0 Å². The summed E-state index contributed by atoms with van der Waals surface area (Å²) in [5.74, 6) is 0.520. The molecule has 0 radical (unpaired) electrons.